The summed E-state index contributed by atoms with van der Waals surface area (Å²) in [5, 5.41) is 8.96. The van der Waals surface area contributed by atoms with E-state index < -0.39 is 0 Å². The average molecular weight is 323 g/mol. The molecule has 1 heterocycles. The van der Waals surface area contributed by atoms with Gasteiger partial charge in [0.1, 0.15) is 5.52 Å². The molecule has 0 atom stereocenters. The molecule has 1 aromatic heterocycles. The Morgan fingerprint density at radius 3 is 2.32 bits per heavy atom. The summed E-state index contributed by atoms with van der Waals surface area (Å²) < 4.78 is 5.37. The summed E-state index contributed by atoms with van der Waals surface area (Å²) in [6.07, 6.45) is 0. The van der Waals surface area contributed by atoms with E-state index in [2.05, 4.69) is 29.4 Å². The van der Waals surface area contributed by atoms with Gasteiger partial charge in [0.05, 0.1) is 5.39 Å². The highest BCUT2D eigenvalue weighted by atomic mass is 16.5. The molecule has 0 spiro atoms. The lowest BCUT2D eigenvalue weighted by molar-refractivity contribution is 0.100. The predicted octanol–water partition coefficient (Wildman–Crippen LogP) is 5.37. The van der Waals surface area contributed by atoms with Crippen LogP contribution in [-0.2, 0) is 0 Å². The van der Waals surface area contributed by atoms with Gasteiger partial charge in [-0.15, -0.1) is 0 Å². The van der Waals surface area contributed by atoms with Crippen LogP contribution in [0.2, 0.25) is 0 Å². The predicted molar refractivity (Wildman–Crippen MR) is 98.9 cm³/mol. The van der Waals surface area contributed by atoms with Gasteiger partial charge < -0.3 is 4.52 Å². The Morgan fingerprint density at radius 1 is 0.720 bits per heavy atom. The number of carbonyl (C=O) groups is 1. The summed E-state index contributed by atoms with van der Waals surface area (Å²) in [5.41, 5.74) is 1.32. The summed E-state index contributed by atoms with van der Waals surface area (Å²) in [5.74, 6) is 0.144. The SMILES string of the molecule is O=C(c1cccc2cc3ccccc3cc12)c1onc2ccccc12. The molecule has 0 bridgehead atoms. The maximum absolute atomic E-state index is 13.1. The Bertz CT molecular complexity index is 1270. The fourth-order valence-corrected chi connectivity index (χ4v) is 3.34. The third-order valence-corrected chi connectivity index (χ3v) is 4.58. The van der Waals surface area contributed by atoms with Crippen molar-refractivity contribution in [3.63, 3.8) is 0 Å². The molecule has 4 aromatic carbocycles. The summed E-state index contributed by atoms with van der Waals surface area (Å²) in [7, 11) is 0. The third-order valence-electron chi connectivity index (χ3n) is 4.58. The van der Waals surface area contributed by atoms with E-state index in [-0.39, 0.29) is 11.5 Å². The number of rotatable bonds is 2. The summed E-state index contributed by atoms with van der Waals surface area (Å²) in [6, 6.07) is 25.6. The topological polar surface area (TPSA) is 43.1 Å². The standard InChI is InChI=1S/C22H13NO2/c24-21(22-18-9-3-4-11-20(18)23-25-22)17-10-5-8-16-12-14-6-1-2-7-15(14)13-19(16)17/h1-13H. The molecule has 5 aromatic rings. The van der Waals surface area contributed by atoms with Crippen molar-refractivity contribution in [2.24, 2.45) is 0 Å². The molecule has 118 valence electrons. The fourth-order valence-electron chi connectivity index (χ4n) is 3.34. The highest BCUT2D eigenvalue weighted by molar-refractivity contribution is 6.20. The minimum Gasteiger partial charge on any atom is -0.351 e. The molecule has 0 aliphatic rings. The van der Waals surface area contributed by atoms with E-state index >= 15 is 0 Å². The quantitative estimate of drug-likeness (QED) is 0.324. The van der Waals surface area contributed by atoms with Gasteiger partial charge in [-0.05, 0) is 45.8 Å². The minimum absolute atomic E-state index is 0.144. The van der Waals surface area contributed by atoms with E-state index in [1.54, 1.807) is 0 Å². The van der Waals surface area contributed by atoms with Crippen LogP contribution in [-0.4, -0.2) is 10.9 Å². The zero-order chi connectivity index (χ0) is 16.8. The van der Waals surface area contributed by atoms with Crippen molar-refractivity contribution in [3.8, 4) is 0 Å². The molecule has 25 heavy (non-hydrogen) atoms. The molecule has 5 rings (SSSR count). The molecule has 0 unspecified atom stereocenters. The van der Waals surface area contributed by atoms with Gasteiger partial charge in [-0.2, -0.15) is 0 Å². The van der Waals surface area contributed by atoms with Gasteiger partial charge >= 0.3 is 0 Å². The zero-order valence-electron chi connectivity index (χ0n) is 13.3. The number of ketones is 1. The number of fused-ring (bicyclic) bond motifs is 3. The van der Waals surface area contributed by atoms with Crippen LogP contribution in [0.25, 0.3) is 32.4 Å². The Morgan fingerprint density at radius 2 is 1.44 bits per heavy atom. The second kappa shape index (κ2) is 5.28. The first kappa shape index (κ1) is 13.9. The molecule has 0 aliphatic heterocycles. The maximum atomic E-state index is 13.1. The molecule has 0 radical (unpaired) electrons. The van der Waals surface area contributed by atoms with Crippen molar-refractivity contribution in [3.05, 3.63) is 90.2 Å². The maximum Gasteiger partial charge on any atom is 0.232 e. The van der Waals surface area contributed by atoms with Gasteiger partial charge in [0, 0.05) is 5.56 Å². The van der Waals surface area contributed by atoms with Gasteiger partial charge in [-0.3, -0.25) is 4.79 Å². The van der Waals surface area contributed by atoms with E-state index in [0.29, 0.717) is 11.1 Å². The number of aromatic nitrogens is 1. The van der Waals surface area contributed by atoms with Crippen LogP contribution < -0.4 is 0 Å². The molecular weight excluding hydrogens is 310 g/mol. The number of benzene rings is 4. The van der Waals surface area contributed by atoms with Gasteiger partial charge in [0.15, 0.2) is 0 Å². The van der Waals surface area contributed by atoms with E-state index in [9.17, 15) is 4.79 Å². The Labute approximate surface area is 143 Å². The smallest absolute Gasteiger partial charge is 0.232 e. The first-order chi connectivity index (χ1) is 12.3. The molecule has 3 nitrogen and oxygen atoms in total. The van der Waals surface area contributed by atoms with E-state index in [4.69, 9.17) is 4.52 Å². The second-order valence-corrected chi connectivity index (χ2v) is 6.08. The largest absolute Gasteiger partial charge is 0.351 e. The van der Waals surface area contributed by atoms with Crippen LogP contribution >= 0.6 is 0 Å². The third kappa shape index (κ3) is 2.13. The van der Waals surface area contributed by atoms with Crippen LogP contribution in [0.1, 0.15) is 16.1 Å². The highest BCUT2D eigenvalue weighted by Gasteiger charge is 2.20. The van der Waals surface area contributed by atoms with Gasteiger partial charge in [-0.25, -0.2) is 0 Å². The average Bonchev–Trinajstić information content (AvgIpc) is 3.09. The first-order valence-electron chi connectivity index (χ1n) is 8.12. The molecule has 0 aliphatic carbocycles. The lowest BCUT2D eigenvalue weighted by atomic mass is 9.96. The molecule has 0 amide bonds. The number of hydrogen-bond acceptors (Lipinski definition) is 3. The molecule has 3 heteroatoms. The van der Waals surface area contributed by atoms with Crippen molar-refractivity contribution in [2.45, 2.75) is 0 Å². The highest BCUT2D eigenvalue weighted by Crippen LogP contribution is 2.28. The monoisotopic (exact) mass is 323 g/mol. The van der Waals surface area contributed by atoms with E-state index in [1.165, 1.54) is 0 Å². The van der Waals surface area contributed by atoms with Crippen molar-refractivity contribution in [2.75, 3.05) is 0 Å². The lowest BCUT2D eigenvalue weighted by Gasteiger charge is -2.06. The van der Waals surface area contributed by atoms with Gasteiger partial charge in [0.2, 0.25) is 11.5 Å². The Hall–Kier alpha value is -3.46. The normalized spacial score (nSPS) is 11.4. The van der Waals surface area contributed by atoms with Crippen LogP contribution in [0, 0.1) is 0 Å². The Balaban J connectivity index is 1.77. The Kier molecular flexibility index (Phi) is 2.94. The summed E-state index contributed by atoms with van der Waals surface area (Å²) in [4.78, 5) is 13.1. The number of nitrogens with zero attached hydrogens (tertiary/aromatic N) is 1. The van der Waals surface area contributed by atoms with Crippen LogP contribution in [0.15, 0.2) is 83.4 Å². The van der Waals surface area contributed by atoms with Crippen molar-refractivity contribution in [1.82, 2.24) is 5.16 Å². The first-order valence-corrected chi connectivity index (χ1v) is 8.12. The fraction of sp³-hybridized carbons (Fsp3) is 0. The van der Waals surface area contributed by atoms with Gasteiger partial charge in [0.25, 0.3) is 0 Å². The van der Waals surface area contributed by atoms with Crippen molar-refractivity contribution in [1.29, 1.82) is 0 Å². The van der Waals surface area contributed by atoms with E-state index in [1.807, 2.05) is 54.6 Å². The molecule has 0 saturated heterocycles. The van der Waals surface area contributed by atoms with E-state index in [0.717, 1.165) is 26.9 Å². The molecule has 0 fully saturated rings. The molecule has 0 saturated carbocycles. The number of carbonyl (C=O) groups excluding carboxylic acids is 1. The van der Waals surface area contributed by atoms with Crippen LogP contribution in [0.3, 0.4) is 0 Å². The lowest BCUT2D eigenvalue weighted by Crippen LogP contribution is -2.01. The molecular formula is C22H13NO2. The second-order valence-electron chi connectivity index (χ2n) is 6.08. The van der Waals surface area contributed by atoms with Crippen molar-refractivity contribution < 1.29 is 9.32 Å². The summed E-state index contributed by atoms with van der Waals surface area (Å²) >= 11 is 0. The van der Waals surface area contributed by atoms with Gasteiger partial charge in [-0.1, -0.05) is 59.8 Å². The van der Waals surface area contributed by atoms with Crippen LogP contribution in [0.4, 0.5) is 0 Å². The zero-order valence-corrected chi connectivity index (χ0v) is 13.3. The van der Waals surface area contributed by atoms with Crippen LogP contribution in [0.5, 0.6) is 0 Å². The number of hydrogen-bond donors (Lipinski definition) is 0. The van der Waals surface area contributed by atoms with Crippen molar-refractivity contribution >= 4 is 38.2 Å². The minimum atomic E-state index is -0.144. The summed E-state index contributed by atoms with van der Waals surface area (Å²) in [6.45, 7) is 0. The molecule has 0 N–H and O–H groups in total.